The van der Waals surface area contributed by atoms with Crippen LogP contribution in [0.2, 0.25) is 0 Å². The molecule has 0 heterocycles. The molecule has 16 heavy (non-hydrogen) atoms. The van der Waals surface area contributed by atoms with Crippen molar-refractivity contribution in [3.05, 3.63) is 30.3 Å². The number of hydrogen-bond donors (Lipinski definition) is 1. The molecule has 0 unspecified atom stereocenters. The fourth-order valence-corrected chi connectivity index (χ4v) is 1.14. The molecule has 0 bridgehead atoms. The second-order valence-corrected chi connectivity index (χ2v) is 2.96. The van der Waals surface area contributed by atoms with Crippen molar-refractivity contribution in [2.24, 2.45) is 5.92 Å². The Morgan fingerprint density at radius 1 is 1.19 bits per heavy atom. The first-order valence-electron chi connectivity index (χ1n) is 3.82. The third kappa shape index (κ3) is 2.02. The minimum absolute atomic E-state index is 0.766. The van der Waals surface area contributed by atoms with Gasteiger partial charge >= 0.3 is 11.8 Å². The molecule has 0 rings (SSSR count). The first-order valence-corrected chi connectivity index (χ1v) is 3.82. The summed E-state index contributed by atoms with van der Waals surface area (Å²) in [5.41, 5.74) is 0. The van der Waals surface area contributed by atoms with Gasteiger partial charge in [-0.3, -0.25) is 35.1 Å². The van der Waals surface area contributed by atoms with E-state index in [4.69, 9.17) is 5.11 Å². The number of carboxylic acids is 1. The van der Waals surface area contributed by atoms with Crippen LogP contribution in [0.25, 0.3) is 0 Å². The second kappa shape index (κ2) is 4.46. The lowest BCUT2D eigenvalue weighted by Crippen LogP contribution is -2.58. The average Bonchev–Trinajstić information content (AvgIpc) is 1.99. The highest BCUT2D eigenvalue weighted by Gasteiger charge is 2.74. The number of rotatable bonds is 6. The highest BCUT2D eigenvalue weighted by molar-refractivity contribution is 5.67. The molecule has 90 valence electrons. The summed E-state index contributed by atoms with van der Waals surface area (Å²) < 4.78 is 0. The van der Waals surface area contributed by atoms with Gasteiger partial charge in [-0.05, 0) is 6.92 Å². The zero-order valence-electron chi connectivity index (χ0n) is 7.93. The van der Waals surface area contributed by atoms with Crippen LogP contribution in [0.15, 0.2) is 0 Å². The summed E-state index contributed by atoms with van der Waals surface area (Å²) in [5.74, 6) is -7.20. The van der Waals surface area contributed by atoms with E-state index in [2.05, 4.69) is 0 Å². The smallest absolute Gasteiger partial charge is 0.481 e. The maximum Gasteiger partial charge on any atom is 0.702 e. The third-order valence-electron chi connectivity index (χ3n) is 1.95. The normalized spacial score (nSPS) is 12.8. The van der Waals surface area contributed by atoms with Crippen LogP contribution < -0.4 is 0 Å². The Bertz CT molecular complexity index is 316. The number of nitro groups is 3. The zero-order chi connectivity index (χ0) is 13.1. The molecule has 0 spiro atoms. The van der Waals surface area contributed by atoms with Crippen molar-refractivity contribution < 1.29 is 24.7 Å². The summed E-state index contributed by atoms with van der Waals surface area (Å²) in [6, 6.07) is 0. The van der Waals surface area contributed by atoms with Crippen molar-refractivity contribution >= 4 is 5.97 Å². The molecule has 0 amide bonds. The van der Waals surface area contributed by atoms with Gasteiger partial charge in [0.2, 0.25) is 0 Å². The molecule has 0 aliphatic carbocycles. The van der Waals surface area contributed by atoms with E-state index in [-0.39, 0.29) is 0 Å². The van der Waals surface area contributed by atoms with E-state index >= 15 is 0 Å². The molecule has 1 N–H and O–H groups in total. The second-order valence-electron chi connectivity index (χ2n) is 2.96. The Morgan fingerprint density at radius 3 is 1.69 bits per heavy atom. The fourth-order valence-electron chi connectivity index (χ4n) is 1.14. The summed E-state index contributed by atoms with van der Waals surface area (Å²) in [7, 11) is 0. The Balaban J connectivity index is 5.53. The molecule has 0 aliphatic heterocycles. The summed E-state index contributed by atoms with van der Waals surface area (Å²) in [6.45, 7) is 0.766. The van der Waals surface area contributed by atoms with E-state index in [1.54, 1.807) is 0 Å². The molecule has 0 fully saturated rings. The summed E-state index contributed by atoms with van der Waals surface area (Å²) >= 11 is 0. The first-order chi connectivity index (χ1) is 7.17. The van der Waals surface area contributed by atoms with Crippen molar-refractivity contribution in [2.75, 3.05) is 0 Å². The van der Waals surface area contributed by atoms with Crippen molar-refractivity contribution in [2.45, 2.75) is 19.1 Å². The minimum atomic E-state index is -3.72. The molecule has 0 aliphatic rings. The van der Waals surface area contributed by atoms with Gasteiger partial charge in [-0.1, -0.05) is 0 Å². The van der Waals surface area contributed by atoms with E-state index in [1.165, 1.54) is 0 Å². The number of carboxylic acid groups (broad SMARTS) is 1. The van der Waals surface area contributed by atoms with Crippen LogP contribution in [0.3, 0.4) is 0 Å². The lowest BCUT2D eigenvalue weighted by atomic mass is 10.00. The van der Waals surface area contributed by atoms with Gasteiger partial charge < -0.3 is 5.11 Å². The van der Waals surface area contributed by atoms with E-state index < -0.39 is 38.9 Å². The van der Waals surface area contributed by atoms with Gasteiger partial charge in [0.25, 0.3) is 0 Å². The lowest BCUT2D eigenvalue weighted by molar-refractivity contribution is -0.978. The molecule has 0 saturated heterocycles. The molecule has 0 aromatic rings. The van der Waals surface area contributed by atoms with Crippen LogP contribution >= 0.6 is 0 Å². The van der Waals surface area contributed by atoms with Gasteiger partial charge in [0.1, 0.15) is 0 Å². The largest absolute Gasteiger partial charge is 0.702 e. The molecule has 0 aromatic carbocycles. The van der Waals surface area contributed by atoms with E-state index in [0.717, 1.165) is 6.92 Å². The van der Waals surface area contributed by atoms with Crippen LogP contribution in [-0.4, -0.2) is 31.6 Å². The predicted octanol–water partition coefficient (Wildman–Crippen LogP) is -0.419. The van der Waals surface area contributed by atoms with E-state index in [1.807, 2.05) is 0 Å². The Kier molecular flexibility index (Phi) is 3.81. The standard InChI is InChI=1S/C5H7N3O8/c1-3(2-4(9)10)5(6(11)12,7(13)14)8(15)16/h3H,2H2,1H3,(H,9,10)/t3-/m0/s1. The summed E-state index contributed by atoms with van der Waals surface area (Å²) in [4.78, 5) is 36.5. The minimum Gasteiger partial charge on any atom is -0.481 e. The summed E-state index contributed by atoms with van der Waals surface area (Å²) in [5, 5.41) is 39.7. The molecule has 11 nitrogen and oxygen atoms in total. The van der Waals surface area contributed by atoms with Crippen LogP contribution in [0.5, 0.6) is 0 Å². The van der Waals surface area contributed by atoms with Crippen LogP contribution in [-0.2, 0) is 4.79 Å². The van der Waals surface area contributed by atoms with Gasteiger partial charge in [0.05, 0.1) is 6.42 Å². The number of hydrogen-bond acceptors (Lipinski definition) is 7. The van der Waals surface area contributed by atoms with Crippen molar-refractivity contribution in [1.82, 2.24) is 0 Å². The number of aliphatic carboxylic acids is 1. The zero-order valence-corrected chi connectivity index (χ0v) is 7.93. The summed E-state index contributed by atoms with van der Waals surface area (Å²) in [6.07, 6.45) is -1.05. The maximum absolute atomic E-state index is 10.5. The van der Waals surface area contributed by atoms with E-state index in [0.29, 0.717) is 0 Å². The first kappa shape index (κ1) is 13.7. The topological polar surface area (TPSA) is 167 Å². The van der Waals surface area contributed by atoms with Crippen molar-refractivity contribution in [3.8, 4) is 0 Å². The quantitative estimate of drug-likeness (QED) is 0.369. The van der Waals surface area contributed by atoms with E-state index in [9.17, 15) is 35.1 Å². The molecular formula is C5H7N3O8. The SMILES string of the molecule is C[C@@H](CC(=O)O)C([N+](=O)[O-])([N+](=O)[O-])[N+](=O)[O-]. The van der Waals surface area contributed by atoms with Gasteiger partial charge in [0.15, 0.2) is 20.7 Å². The molecule has 11 heteroatoms. The van der Waals surface area contributed by atoms with Gasteiger partial charge in [0, 0.05) is 0 Å². The van der Waals surface area contributed by atoms with Gasteiger partial charge in [-0.15, -0.1) is 0 Å². The molecular weight excluding hydrogens is 230 g/mol. The molecule has 0 aromatic heterocycles. The van der Waals surface area contributed by atoms with Crippen LogP contribution in [0, 0.1) is 36.3 Å². The highest BCUT2D eigenvalue weighted by atomic mass is 16.7. The van der Waals surface area contributed by atoms with Gasteiger partial charge in [-0.25, -0.2) is 0 Å². The number of carbonyl (C=O) groups is 1. The molecule has 0 radical (unpaired) electrons. The maximum atomic E-state index is 10.5. The Morgan fingerprint density at radius 2 is 1.50 bits per heavy atom. The monoisotopic (exact) mass is 237 g/mol. The fraction of sp³-hybridized carbons (Fsp3) is 0.800. The predicted molar refractivity (Wildman–Crippen MR) is 45.1 cm³/mol. The highest BCUT2D eigenvalue weighted by Crippen LogP contribution is 2.25. The van der Waals surface area contributed by atoms with Crippen molar-refractivity contribution in [1.29, 1.82) is 0 Å². The Labute approximate surface area is 87.1 Å². The van der Waals surface area contributed by atoms with Crippen molar-refractivity contribution in [3.63, 3.8) is 0 Å². The molecule has 0 saturated carbocycles. The number of nitrogens with zero attached hydrogens (tertiary/aromatic N) is 3. The lowest BCUT2D eigenvalue weighted by Gasteiger charge is -2.13. The van der Waals surface area contributed by atoms with Crippen LogP contribution in [0.4, 0.5) is 0 Å². The third-order valence-corrected chi connectivity index (χ3v) is 1.95. The average molecular weight is 237 g/mol. The van der Waals surface area contributed by atoms with Gasteiger partial charge in [-0.2, -0.15) is 0 Å². The van der Waals surface area contributed by atoms with Crippen LogP contribution in [0.1, 0.15) is 13.3 Å². The molecule has 1 atom stereocenters. The Hall–Kier alpha value is -2.33.